The Morgan fingerprint density at radius 1 is 0.436 bits per heavy atom. The van der Waals surface area contributed by atoms with Crippen LogP contribution in [-0.4, -0.2) is 68.9 Å². The number of hydrogen-bond donors (Lipinski definition) is 1. The number of nitrogens with zero attached hydrogens (tertiary/aromatic N) is 1. The number of rotatable bonds is 41. The Hall–Kier alpha value is -1.83. The average Bonchev–Trinajstić information content (AvgIpc) is 3.19. The Kier molecular flexibility index (Phi) is 39.0. The van der Waals surface area contributed by atoms with Gasteiger partial charge in [0.05, 0.1) is 17.8 Å². The second-order valence-corrected chi connectivity index (χ2v) is 16.3. The predicted octanol–water partition coefficient (Wildman–Crippen LogP) is 13.0. The maximum atomic E-state index is 13.6. The molecule has 326 valence electrons. The summed E-state index contributed by atoms with van der Waals surface area (Å²) in [5.41, 5.74) is 0. The molecule has 55 heavy (non-hydrogen) atoms. The van der Waals surface area contributed by atoms with Gasteiger partial charge in [-0.15, -0.1) is 0 Å². The van der Waals surface area contributed by atoms with Gasteiger partial charge in [-0.05, 0) is 38.8 Å². The van der Waals surface area contributed by atoms with E-state index < -0.39 is 12.0 Å². The molecule has 0 radical (unpaired) electrons. The third-order valence-electron chi connectivity index (χ3n) is 11.3. The number of carbonyl (C=O) groups excluding carboxylic acids is 3. The molecule has 0 aliphatic heterocycles. The van der Waals surface area contributed by atoms with E-state index in [0.717, 1.165) is 96.7 Å². The second-order valence-electron chi connectivity index (χ2n) is 16.3. The quantitative estimate of drug-likeness (QED) is 0.0375. The van der Waals surface area contributed by atoms with E-state index >= 15 is 0 Å². The molecule has 0 saturated heterocycles. The van der Waals surface area contributed by atoms with Crippen molar-refractivity contribution in [3.63, 3.8) is 0 Å². The molecule has 0 saturated carbocycles. The first-order chi connectivity index (χ1) is 26.9. The Bertz CT molecular complexity index is 782. The molecular formula is C47H92N2O6. The number of unbranched alkanes of at least 4 members (excludes halogenated alkanes) is 20. The van der Waals surface area contributed by atoms with Crippen LogP contribution in [0.25, 0.3) is 0 Å². The summed E-state index contributed by atoms with van der Waals surface area (Å²) in [6.07, 6.45) is 31.5. The number of carbonyl (C=O) groups is 3. The number of amides is 1. The van der Waals surface area contributed by atoms with E-state index in [4.69, 9.17) is 14.2 Å². The van der Waals surface area contributed by atoms with Crippen molar-refractivity contribution in [2.75, 3.05) is 46.0 Å². The zero-order valence-electron chi connectivity index (χ0n) is 37.4. The molecule has 0 heterocycles. The summed E-state index contributed by atoms with van der Waals surface area (Å²) < 4.78 is 17.6. The van der Waals surface area contributed by atoms with Crippen LogP contribution in [0.2, 0.25) is 0 Å². The van der Waals surface area contributed by atoms with Crippen LogP contribution in [0.3, 0.4) is 0 Å². The molecule has 0 aliphatic rings. The molecular weight excluding hydrogens is 689 g/mol. The van der Waals surface area contributed by atoms with Crippen molar-refractivity contribution in [1.82, 2.24) is 10.2 Å². The summed E-state index contributed by atoms with van der Waals surface area (Å²) >= 11 is 0. The zero-order valence-corrected chi connectivity index (χ0v) is 37.4. The molecule has 1 amide bonds. The van der Waals surface area contributed by atoms with Gasteiger partial charge in [0, 0.05) is 13.1 Å². The van der Waals surface area contributed by atoms with E-state index in [1.54, 1.807) is 0 Å². The molecule has 0 aliphatic carbocycles. The smallest absolute Gasteiger partial charge is 0.407 e. The van der Waals surface area contributed by atoms with E-state index in [1.807, 2.05) is 0 Å². The zero-order chi connectivity index (χ0) is 40.6. The van der Waals surface area contributed by atoms with Gasteiger partial charge in [0.2, 0.25) is 0 Å². The molecule has 0 spiro atoms. The topological polar surface area (TPSA) is 94.2 Å². The fourth-order valence-corrected chi connectivity index (χ4v) is 7.32. The van der Waals surface area contributed by atoms with Crippen molar-refractivity contribution >= 4 is 18.0 Å². The van der Waals surface area contributed by atoms with Crippen LogP contribution in [0.5, 0.6) is 0 Å². The second kappa shape index (κ2) is 40.4. The van der Waals surface area contributed by atoms with Crippen molar-refractivity contribution in [1.29, 1.82) is 0 Å². The van der Waals surface area contributed by atoms with E-state index in [1.165, 1.54) is 103 Å². The molecule has 0 rings (SSSR count). The summed E-state index contributed by atoms with van der Waals surface area (Å²) in [5, 5.41) is 2.85. The van der Waals surface area contributed by atoms with Gasteiger partial charge in [-0.2, -0.15) is 0 Å². The molecule has 0 atom stereocenters. The predicted molar refractivity (Wildman–Crippen MR) is 231 cm³/mol. The molecule has 8 heteroatoms. The molecule has 0 fully saturated rings. The number of nitrogens with one attached hydrogen (secondary N) is 1. The van der Waals surface area contributed by atoms with Crippen molar-refractivity contribution in [3.05, 3.63) is 0 Å². The van der Waals surface area contributed by atoms with Crippen molar-refractivity contribution < 1.29 is 28.6 Å². The summed E-state index contributed by atoms with van der Waals surface area (Å²) in [5.74, 6) is -0.987. The average molecular weight is 781 g/mol. The molecule has 0 aromatic heterocycles. The largest absolute Gasteiger partial charge is 0.465 e. The maximum absolute atomic E-state index is 13.6. The lowest BCUT2D eigenvalue weighted by Gasteiger charge is -2.22. The third-order valence-corrected chi connectivity index (χ3v) is 11.3. The Labute approximate surface area is 341 Å². The minimum absolute atomic E-state index is 0.0245. The normalized spacial score (nSPS) is 11.6. The summed E-state index contributed by atoms with van der Waals surface area (Å²) in [6, 6.07) is 0. The molecule has 0 unspecified atom stereocenters. The Morgan fingerprint density at radius 2 is 0.745 bits per heavy atom. The number of likely N-dealkylation sites (N-methyl/N-ethyl adjacent to an activating group) is 1. The summed E-state index contributed by atoms with van der Waals surface area (Å²) in [7, 11) is 0. The standard InChI is InChI=1S/C47H92N2O6/c1-7-13-17-21-25-29-33-43(34-30-26-22-18-14-8-2)45(50)53-39-42(41-55-47(52)48-37-38-49(11-5)12-6)40-54-46(51)44(35-31-27-23-19-15-9-3)36-32-28-24-20-16-10-4/h42-44H,7-41H2,1-6H3,(H,48,52). The van der Waals surface area contributed by atoms with Crippen LogP contribution < -0.4 is 5.32 Å². The van der Waals surface area contributed by atoms with Crippen LogP contribution in [0, 0.1) is 17.8 Å². The van der Waals surface area contributed by atoms with Crippen LogP contribution in [0.4, 0.5) is 4.79 Å². The van der Waals surface area contributed by atoms with Gasteiger partial charge in [-0.25, -0.2) is 4.79 Å². The number of esters is 2. The van der Waals surface area contributed by atoms with Crippen LogP contribution >= 0.6 is 0 Å². The molecule has 0 bridgehead atoms. The number of hydrogen-bond acceptors (Lipinski definition) is 7. The van der Waals surface area contributed by atoms with Gasteiger partial charge in [-0.1, -0.05) is 196 Å². The van der Waals surface area contributed by atoms with Gasteiger partial charge in [0.25, 0.3) is 0 Å². The monoisotopic (exact) mass is 781 g/mol. The van der Waals surface area contributed by atoms with E-state index in [2.05, 4.69) is 51.8 Å². The van der Waals surface area contributed by atoms with E-state index in [-0.39, 0.29) is 43.6 Å². The van der Waals surface area contributed by atoms with Gasteiger partial charge in [-0.3, -0.25) is 9.59 Å². The highest BCUT2D eigenvalue weighted by atomic mass is 16.6. The molecule has 1 N–H and O–H groups in total. The van der Waals surface area contributed by atoms with Crippen LogP contribution in [-0.2, 0) is 23.8 Å². The van der Waals surface area contributed by atoms with Gasteiger partial charge < -0.3 is 24.4 Å². The Morgan fingerprint density at radius 3 is 1.07 bits per heavy atom. The van der Waals surface area contributed by atoms with Crippen LogP contribution in [0.1, 0.15) is 221 Å². The lowest BCUT2D eigenvalue weighted by molar-refractivity contribution is -0.155. The first kappa shape index (κ1) is 53.2. The minimum atomic E-state index is -0.497. The first-order valence-electron chi connectivity index (χ1n) is 23.8. The highest BCUT2D eigenvalue weighted by molar-refractivity contribution is 5.73. The third kappa shape index (κ3) is 32.9. The SMILES string of the molecule is CCCCCCCCC(CCCCCCCC)C(=O)OCC(COC(=O)NCCN(CC)CC)COC(=O)C(CCCCCCCC)CCCCCCCC. The van der Waals surface area contributed by atoms with Crippen molar-refractivity contribution in [3.8, 4) is 0 Å². The maximum Gasteiger partial charge on any atom is 0.407 e. The van der Waals surface area contributed by atoms with E-state index in [0.29, 0.717) is 6.54 Å². The Balaban J connectivity index is 5.53. The molecule has 0 aromatic carbocycles. The number of ether oxygens (including phenoxy) is 3. The highest BCUT2D eigenvalue weighted by Gasteiger charge is 2.25. The minimum Gasteiger partial charge on any atom is -0.465 e. The van der Waals surface area contributed by atoms with Crippen molar-refractivity contribution in [2.24, 2.45) is 17.8 Å². The highest BCUT2D eigenvalue weighted by Crippen LogP contribution is 2.23. The van der Waals surface area contributed by atoms with E-state index in [9.17, 15) is 14.4 Å². The fraction of sp³-hybridized carbons (Fsp3) is 0.936. The molecule has 8 nitrogen and oxygen atoms in total. The number of alkyl carbamates (subject to hydrolysis) is 1. The van der Waals surface area contributed by atoms with Crippen LogP contribution in [0.15, 0.2) is 0 Å². The first-order valence-corrected chi connectivity index (χ1v) is 23.8. The van der Waals surface area contributed by atoms with Gasteiger partial charge in [0.1, 0.15) is 19.8 Å². The van der Waals surface area contributed by atoms with Gasteiger partial charge >= 0.3 is 18.0 Å². The van der Waals surface area contributed by atoms with Crippen molar-refractivity contribution in [2.45, 2.75) is 221 Å². The summed E-state index contributed by atoms with van der Waals surface area (Å²) in [6.45, 7) is 16.4. The fourth-order valence-electron chi connectivity index (χ4n) is 7.32. The summed E-state index contributed by atoms with van der Waals surface area (Å²) in [4.78, 5) is 42.1. The van der Waals surface area contributed by atoms with Gasteiger partial charge in [0.15, 0.2) is 0 Å². The lowest BCUT2D eigenvalue weighted by Crippen LogP contribution is -2.36. The molecule has 0 aromatic rings. The lowest BCUT2D eigenvalue weighted by atomic mass is 9.94.